The van der Waals surface area contributed by atoms with Gasteiger partial charge in [0.25, 0.3) is 5.71 Å². The van der Waals surface area contributed by atoms with Crippen LogP contribution in [0.4, 0.5) is 4.39 Å². The molecule has 130 valence electrons. The molecule has 0 atom stereocenters. The first kappa shape index (κ1) is 16.1. The van der Waals surface area contributed by atoms with E-state index < -0.39 is 0 Å². The number of benzene rings is 2. The van der Waals surface area contributed by atoms with Crippen molar-refractivity contribution in [2.45, 2.75) is 6.92 Å². The second-order valence-corrected chi connectivity index (χ2v) is 5.72. The van der Waals surface area contributed by atoms with Crippen LogP contribution in [0.1, 0.15) is 5.56 Å². The molecule has 0 saturated carbocycles. The summed E-state index contributed by atoms with van der Waals surface area (Å²) in [5.41, 5.74) is 1.96. The molecule has 4 rings (SSSR count). The van der Waals surface area contributed by atoms with E-state index >= 15 is 0 Å². The Hall–Kier alpha value is -3.41. The Morgan fingerprint density at radius 1 is 1.00 bits per heavy atom. The quantitative estimate of drug-likeness (QED) is 0.510. The Kier molecular flexibility index (Phi) is 4.01. The zero-order chi connectivity index (χ0) is 18.1. The van der Waals surface area contributed by atoms with Crippen LogP contribution in [0.15, 0.2) is 59.1 Å². The average Bonchev–Trinajstić information content (AvgIpc) is 3.07. The summed E-state index contributed by atoms with van der Waals surface area (Å²) in [5, 5.41) is 4.58. The molecule has 0 aliphatic heterocycles. The van der Waals surface area contributed by atoms with Gasteiger partial charge in [0.1, 0.15) is 11.5 Å². The van der Waals surface area contributed by atoms with E-state index in [0.717, 1.165) is 5.56 Å². The highest BCUT2D eigenvalue weighted by Gasteiger charge is 2.16. The minimum Gasteiger partial charge on any atom is -0.493 e. The maximum absolute atomic E-state index is 14.0. The van der Waals surface area contributed by atoms with Crippen LogP contribution in [-0.4, -0.2) is 17.3 Å². The van der Waals surface area contributed by atoms with E-state index in [2.05, 4.69) is 10.1 Å². The van der Waals surface area contributed by atoms with Crippen molar-refractivity contribution in [2.24, 2.45) is 0 Å². The van der Waals surface area contributed by atoms with Gasteiger partial charge >= 0.3 is 0 Å². The van der Waals surface area contributed by atoms with E-state index in [-0.39, 0.29) is 11.5 Å². The van der Waals surface area contributed by atoms with Crippen LogP contribution >= 0.6 is 0 Å². The van der Waals surface area contributed by atoms with Crippen molar-refractivity contribution in [2.75, 3.05) is 7.11 Å². The topological polar surface area (TPSA) is 57.4 Å². The lowest BCUT2D eigenvalue weighted by atomic mass is 10.1. The van der Waals surface area contributed by atoms with Gasteiger partial charge in [-0.1, -0.05) is 29.4 Å². The summed E-state index contributed by atoms with van der Waals surface area (Å²) in [6, 6.07) is 15.5. The molecular formula is C20H15FN2O3. The van der Waals surface area contributed by atoms with Crippen molar-refractivity contribution in [3.8, 4) is 28.6 Å². The smallest absolute Gasteiger partial charge is 0.261 e. The van der Waals surface area contributed by atoms with Crippen LogP contribution in [0.25, 0.3) is 22.4 Å². The van der Waals surface area contributed by atoms with Crippen molar-refractivity contribution in [1.29, 1.82) is 0 Å². The summed E-state index contributed by atoms with van der Waals surface area (Å²) < 4.78 is 30.5. The van der Waals surface area contributed by atoms with Gasteiger partial charge in [-0.2, -0.15) is 4.98 Å². The van der Waals surface area contributed by atoms with Crippen molar-refractivity contribution in [3.63, 3.8) is 0 Å². The second-order valence-electron chi connectivity index (χ2n) is 5.72. The van der Waals surface area contributed by atoms with Gasteiger partial charge in [0, 0.05) is 11.6 Å². The molecule has 0 bridgehead atoms. The fraction of sp³-hybridized carbons (Fsp3) is 0.100. The van der Waals surface area contributed by atoms with Gasteiger partial charge in [0.15, 0.2) is 11.5 Å². The third-order valence-electron chi connectivity index (χ3n) is 4.04. The van der Waals surface area contributed by atoms with Crippen molar-refractivity contribution < 1.29 is 18.4 Å². The third-order valence-corrected chi connectivity index (χ3v) is 4.04. The largest absolute Gasteiger partial charge is 0.493 e. The molecule has 0 aliphatic rings. The summed E-state index contributed by atoms with van der Waals surface area (Å²) in [6.45, 7) is 1.92. The van der Waals surface area contributed by atoms with E-state index in [9.17, 15) is 4.39 Å². The maximum atomic E-state index is 14.0. The summed E-state index contributed by atoms with van der Waals surface area (Å²) in [7, 11) is 1.58. The maximum Gasteiger partial charge on any atom is 0.261 e. The Labute approximate surface area is 149 Å². The van der Waals surface area contributed by atoms with E-state index in [0.29, 0.717) is 34.0 Å². The standard InChI is InChI=1S/C20H15FN2O3/c1-12-6-5-9-16(24-2)19(12)25-17-11-10-14-18(23-26-20(14)22-17)13-7-3-4-8-15(13)21/h3-11H,1-2H3. The lowest BCUT2D eigenvalue weighted by Gasteiger charge is -2.11. The number of hydrogen-bond acceptors (Lipinski definition) is 5. The second kappa shape index (κ2) is 6.48. The number of halogens is 1. The molecule has 0 radical (unpaired) electrons. The molecule has 0 spiro atoms. The highest BCUT2D eigenvalue weighted by Crippen LogP contribution is 2.35. The lowest BCUT2D eigenvalue weighted by Crippen LogP contribution is -1.94. The zero-order valence-electron chi connectivity index (χ0n) is 14.2. The first-order chi connectivity index (χ1) is 12.7. The molecule has 26 heavy (non-hydrogen) atoms. The monoisotopic (exact) mass is 350 g/mol. The van der Waals surface area contributed by atoms with Crippen LogP contribution in [0.3, 0.4) is 0 Å². The minimum absolute atomic E-state index is 0.272. The number of methoxy groups -OCH3 is 1. The molecule has 2 heterocycles. The first-order valence-corrected chi connectivity index (χ1v) is 8.00. The van der Waals surface area contributed by atoms with E-state index in [1.54, 1.807) is 37.4 Å². The summed E-state index contributed by atoms with van der Waals surface area (Å²) in [5.74, 6) is 1.15. The molecule has 0 fully saturated rings. The molecular weight excluding hydrogens is 335 g/mol. The number of fused-ring (bicyclic) bond motifs is 1. The zero-order valence-corrected chi connectivity index (χ0v) is 14.2. The molecule has 6 heteroatoms. The fourth-order valence-electron chi connectivity index (χ4n) is 2.74. The lowest BCUT2D eigenvalue weighted by molar-refractivity contribution is 0.371. The molecule has 0 amide bonds. The molecule has 0 saturated heterocycles. The fourth-order valence-corrected chi connectivity index (χ4v) is 2.74. The van der Waals surface area contributed by atoms with Crippen LogP contribution in [-0.2, 0) is 0 Å². The van der Waals surface area contributed by atoms with Crippen LogP contribution in [0.2, 0.25) is 0 Å². The third kappa shape index (κ3) is 2.75. The number of hydrogen-bond donors (Lipinski definition) is 0. The van der Waals surface area contributed by atoms with Gasteiger partial charge in [-0.3, -0.25) is 0 Å². The Bertz CT molecular complexity index is 1090. The first-order valence-electron chi connectivity index (χ1n) is 8.00. The predicted molar refractivity (Wildman–Crippen MR) is 95.0 cm³/mol. The molecule has 4 aromatic rings. The van der Waals surface area contributed by atoms with Crippen molar-refractivity contribution >= 4 is 11.1 Å². The van der Waals surface area contributed by atoms with Crippen molar-refractivity contribution in [3.05, 3.63) is 66.0 Å². The highest BCUT2D eigenvalue weighted by molar-refractivity contribution is 5.89. The van der Waals surface area contributed by atoms with Gasteiger partial charge in [-0.25, -0.2) is 4.39 Å². The normalized spacial score (nSPS) is 10.9. The Balaban J connectivity index is 1.74. The molecule has 0 aliphatic carbocycles. The number of aromatic nitrogens is 2. The van der Waals surface area contributed by atoms with Crippen LogP contribution in [0, 0.1) is 12.7 Å². The number of aryl methyl sites for hydroxylation is 1. The van der Waals surface area contributed by atoms with Gasteiger partial charge in [0.05, 0.1) is 12.5 Å². The molecule has 2 aromatic carbocycles. The summed E-state index contributed by atoms with van der Waals surface area (Å²) in [6.07, 6.45) is 0. The van der Waals surface area contributed by atoms with Gasteiger partial charge in [-0.05, 0) is 36.8 Å². The van der Waals surface area contributed by atoms with Gasteiger partial charge in [0.2, 0.25) is 5.88 Å². The van der Waals surface area contributed by atoms with E-state index in [4.69, 9.17) is 14.0 Å². The van der Waals surface area contributed by atoms with Gasteiger partial charge < -0.3 is 14.0 Å². The number of ether oxygens (including phenoxy) is 2. The van der Waals surface area contributed by atoms with Crippen LogP contribution in [0.5, 0.6) is 17.4 Å². The Morgan fingerprint density at radius 2 is 1.85 bits per heavy atom. The highest BCUT2D eigenvalue weighted by atomic mass is 19.1. The molecule has 0 unspecified atom stereocenters. The van der Waals surface area contributed by atoms with E-state index in [1.807, 2.05) is 25.1 Å². The van der Waals surface area contributed by atoms with E-state index in [1.165, 1.54) is 6.07 Å². The van der Waals surface area contributed by atoms with Crippen LogP contribution < -0.4 is 9.47 Å². The number of nitrogens with zero attached hydrogens (tertiary/aromatic N) is 2. The molecule has 5 nitrogen and oxygen atoms in total. The summed E-state index contributed by atoms with van der Waals surface area (Å²) in [4.78, 5) is 4.33. The molecule has 0 N–H and O–H groups in total. The molecule has 2 aromatic heterocycles. The predicted octanol–water partition coefficient (Wildman–Crippen LogP) is 5.14. The summed E-state index contributed by atoms with van der Waals surface area (Å²) >= 11 is 0. The van der Waals surface area contributed by atoms with Gasteiger partial charge in [-0.15, -0.1) is 0 Å². The minimum atomic E-state index is -0.368. The SMILES string of the molecule is COc1cccc(C)c1Oc1ccc2c(-c3ccccc3F)noc2n1. The number of para-hydroxylation sites is 1. The van der Waals surface area contributed by atoms with Crippen molar-refractivity contribution in [1.82, 2.24) is 10.1 Å². The Morgan fingerprint density at radius 3 is 2.65 bits per heavy atom. The number of rotatable bonds is 4. The number of pyridine rings is 1. The average molecular weight is 350 g/mol.